The molecular weight excluding hydrogens is 480 g/mol. The van der Waals surface area contributed by atoms with E-state index in [1.807, 2.05) is 35.2 Å². The molecule has 5 heterocycles. The highest BCUT2D eigenvalue weighted by atomic mass is 16.5. The first-order valence-corrected chi connectivity index (χ1v) is 13.4. The average molecular weight is 513 g/mol. The number of anilines is 1. The summed E-state index contributed by atoms with van der Waals surface area (Å²) in [5, 5.41) is 0. The first-order valence-electron chi connectivity index (χ1n) is 13.4. The highest BCUT2D eigenvalue weighted by molar-refractivity contribution is 5.96. The summed E-state index contributed by atoms with van der Waals surface area (Å²) >= 11 is 0. The van der Waals surface area contributed by atoms with Crippen LogP contribution in [0, 0.1) is 0 Å². The van der Waals surface area contributed by atoms with Crippen LogP contribution in [0.5, 0.6) is 0 Å². The molecule has 0 N–H and O–H groups in total. The summed E-state index contributed by atoms with van der Waals surface area (Å²) in [4.78, 5) is 46.1. The molecule has 2 amide bonds. The van der Waals surface area contributed by atoms with Crippen LogP contribution in [0.15, 0.2) is 61.1 Å². The van der Waals surface area contributed by atoms with Crippen molar-refractivity contribution in [3.05, 3.63) is 72.2 Å². The minimum Gasteiger partial charge on any atom is -0.377 e. The molecule has 0 aliphatic carbocycles. The fraction of sp³-hybridized carbons (Fsp3) is 0.414. The lowest BCUT2D eigenvalue weighted by Gasteiger charge is -2.44. The van der Waals surface area contributed by atoms with Gasteiger partial charge in [0.1, 0.15) is 5.69 Å². The lowest BCUT2D eigenvalue weighted by Crippen LogP contribution is -2.60. The molecule has 9 heteroatoms. The molecule has 6 rings (SSSR count). The molecule has 2 aromatic heterocycles. The fourth-order valence-electron chi connectivity index (χ4n) is 5.79. The van der Waals surface area contributed by atoms with Crippen LogP contribution < -0.4 is 4.90 Å². The van der Waals surface area contributed by atoms with E-state index in [1.54, 1.807) is 23.5 Å². The van der Waals surface area contributed by atoms with Gasteiger partial charge in [0, 0.05) is 62.6 Å². The number of hydrogen-bond donors (Lipinski definition) is 0. The number of morpholine rings is 1. The molecule has 3 aliphatic rings. The summed E-state index contributed by atoms with van der Waals surface area (Å²) in [6.45, 7) is 4.53. The third-order valence-electron chi connectivity index (χ3n) is 7.90. The Hall–Kier alpha value is -3.85. The van der Waals surface area contributed by atoms with Crippen LogP contribution in [0.2, 0.25) is 0 Å². The van der Waals surface area contributed by atoms with Crippen LogP contribution in [0.4, 0.5) is 5.69 Å². The molecular formula is C29H32N6O3. The van der Waals surface area contributed by atoms with Crippen LogP contribution >= 0.6 is 0 Å². The zero-order valence-corrected chi connectivity index (χ0v) is 21.5. The lowest BCUT2D eigenvalue weighted by molar-refractivity contribution is -0.0475. The van der Waals surface area contributed by atoms with Gasteiger partial charge in [-0.2, -0.15) is 0 Å². The maximum absolute atomic E-state index is 13.7. The number of carbonyl (C=O) groups excluding carboxylic acids is 2. The Morgan fingerprint density at radius 3 is 2.34 bits per heavy atom. The van der Waals surface area contributed by atoms with Crippen molar-refractivity contribution in [2.75, 3.05) is 50.8 Å². The molecule has 0 bridgehead atoms. The largest absolute Gasteiger partial charge is 0.377 e. The Morgan fingerprint density at radius 2 is 1.61 bits per heavy atom. The van der Waals surface area contributed by atoms with Crippen molar-refractivity contribution in [2.24, 2.45) is 0 Å². The summed E-state index contributed by atoms with van der Waals surface area (Å²) in [6.07, 6.45) is 9.17. The zero-order valence-electron chi connectivity index (χ0n) is 21.5. The Bertz CT molecular complexity index is 1280. The molecule has 9 nitrogen and oxygen atoms in total. The summed E-state index contributed by atoms with van der Waals surface area (Å²) in [6, 6.07) is 13.5. The predicted molar refractivity (Wildman–Crippen MR) is 143 cm³/mol. The Balaban J connectivity index is 1.16. The number of amides is 2. The molecule has 3 aliphatic heterocycles. The minimum absolute atomic E-state index is 0.00385. The minimum atomic E-state index is -0.536. The normalized spacial score (nSPS) is 21.6. The average Bonchev–Trinajstić information content (AvgIpc) is 3.41. The second kappa shape index (κ2) is 10.5. The van der Waals surface area contributed by atoms with Crippen LogP contribution in [0.1, 0.15) is 46.4 Å². The number of rotatable bonds is 4. The second-order valence-corrected chi connectivity index (χ2v) is 10.3. The maximum atomic E-state index is 13.7. The molecule has 1 atom stereocenters. The summed E-state index contributed by atoms with van der Waals surface area (Å²) in [5.41, 5.74) is 2.39. The zero-order chi connectivity index (χ0) is 26.0. The van der Waals surface area contributed by atoms with Crippen molar-refractivity contribution in [1.29, 1.82) is 0 Å². The van der Waals surface area contributed by atoms with Gasteiger partial charge in [0.25, 0.3) is 11.8 Å². The van der Waals surface area contributed by atoms with Crippen molar-refractivity contribution in [2.45, 2.75) is 31.2 Å². The highest BCUT2D eigenvalue weighted by Gasteiger charge is 2.48. The van der Waals surface area contributed by atoms with Gasteiger partial charge in [-0.1, -0.05) is 6.07 Å². The van der Waals surface area contributed by atoms with Crippen molar-refractivity contribution in [3.63, 3.8) is 0 Å². The Morgan fingerprint density at radius 1 is 0.816 bits per heavy atom. The van der Waals surface area contributed by atoms with Gasteiger partial charge in [-0.05, 0) is 62.1 Å². The number of benzene rings is 1. The Kier molecular flexibility index (Phi) is 6.76. The van der Waals surface area contributed by atoms with E-state index >= 15 is 0 Å². The van der Waals surface area contributed by atoms with E-state index in [2.05, 4.69) is 32.0 Å². The number of ether oxygens (including phenoxy) is 1. The van der Waals surface area contributed by atoms with Crippen molar-refractivity contribution >= 4 is 17.5 Å². The highest BCUT2D eigenvalue weighted by Crippen LogP contribution is 2.33. The molecule has 1 aromatic carbocycles. The quantitative estimate of drug-likeness (QED) is 0.530. The molecule has 38 heavy (non-hydrogen) atoms. The van der Waals surface area contributed by atoms with Gasteiger partial charge in [-0.3, -0.25) is 14.6 Å². The van der Waals surface area contributed by atoms with Gasteiger partial charge < -0.3 is 19.4 Å². The number of pyridine rings is 1. The third kappa shape index (κ3) is 4.74. The monoisotopic (exact) mass is 512 g/mol. The van der Waals surface area contributed by atoms with E-state index in [-0.39, 0.29) is 11.8 Å². The lowest BCUT2D eigenvalue weighted by atomic mass is 9.94. The standard InChI is InChI=1S/C29H32N6O3/c36-27(23-18-31-26(32-19-23)25-6-2-3-12-30-25)34-15-11-29(20-34)21-38-17-16-35(29)28(37)22-7-9-24(10-8-22)33-13-4-1-5-14-33/h2-3,6-10,12,18-19H,1,4-5,11,13-17,20-21H2. The predicted octanol–water partition coefficient (Wildman–Crippen LogP) is 3.29. The Labute approximate surface area is 222 Å². The molecule has 3 aromatic rings. The number of hydrogen-bond acceptors (Lipinski definition) is 7. The number of piperidine rings is 1. The van der Waals surface area contributed by atoms with E-state index in [4.69, 9.17) is 4.74 Å². The van der Waals surface area contributed by atoms with Crippen molar-refractivity contribution in [3.8, 4) is 11.5 Å². The molecule has 0 saturated carbocycles. The van der Waals surface area contributed by atoms with Crippen LogP contribution in [-0.2, 0) is 4.74 Å². The first kappa shape index (κ1) is 24.5. The smallest absolute Gasteiger partial charge is 0.257 e. The number of nitrogens with zero attached hydrogens (tertiary/aromatic N) is 6. The number of aromatic nitrogens is 3. The molecule has 0 radical (unpaired) electrons. The maximum Gasteiger partial charge on any atom is 0.257 e. The summed E-state index contributed by atoms with van der Waals surface area (Å²) < 4.78 is 5.85. The topological polar surface area (TPSA) is 91.8 Å². The van der Waals surface area contributed by atoms with E-state index < -0.39 is 5.54 Å². The van der Waals surface area contributed by atoms with Crippen molar-refractivity contribution in [1.82, 2.24) is 24.8 Å². The van der Waals surface area contributed by atoms with E-state index in [0.29, 0.717) is 61.9 Å². The van der Waals surface area contributed by atoms with E-state index in [9.17, 15) is 9.59 Å². The van der Waals surface area contributed by atoms with Gasteiger partial charge in [-0.15, -0.1) is 0 Å². The van der Waals surface area contributed by atoms with Gasteiger partial charge >= 0.3 is 0 Å². The molecule has 1 unspecified atom stereocenters. The van der Waals surface area contributed by atoms with Gasteiger partial charge in [0.05, 0.1) is 24.3 Å². The summed E-state index contributed by atoms with van der Waals surface area (Å²) in [5.74, 6) is 0.331. The fourth-order valence-corrected chi connectivity index (χ4v) is 5.79. The van der Waals surface area contributed by atoms with Gasteiger partial charge in [-0.25, -0.2) is 9.97 Å². The van der Waals surface area contributed by atoms with Gasteiger partial charge in [0.15, 0.2) is 5.82 Å². The second-order valence-electron chi connectivity index (χ2n) is 10.3. The van der Waals surface area contributed by atoms with E-state index in [1.165, 1.54) is 24.9 Å². The van der Waals surface area contributed by atoms with Crippen molar-refractivity contribution < 1.29 is 14.3 Å². The SMILES string of the molecule is O=C(c1cnc(-c2ccccn2)nc1)N1CCC2(COCCN2C(=O)c2ccc(N3CCCCC3)cc2)C1. The van der Waals surface area contributed by atoms with Gasteiger partial charge in [0.2, 0.25) is 0 Å². The molecule has 1 spiro atoms. The van der Waals surface area contributed by atoms with Crippen LogP contribution in [0.3, 0.4) is 0 Å². The first-order chi connectivity index (χ1) is 18.6. The number of carbonyl (C=O) groups is 2. The molecule has 196 valence electrons. The molecule has 3 fully saturated rings. The van der Waals surface area contributed by atoms with E-state index in [0.717, 1.165) is 13.1 Å². The third-order valence-corrected chi connectivity index (χ3v) is 7.90. The molecule has 3 saturated heterocycles. The summed E-state index contributed by atoms with van der Waals surface area (Å²) in [7, 11) is 0. The van der Waals surface area contributed by atoms with Crippen LogP contribution in [0.25, 0.3) is 11.5 Å². The number of likely N-dealkylation sites (tertiary alicyclic amines) is 1. The van der Waals surface area contributed by atoms with Crippen LogP contribution in [-0.4, -0.2) is 88.0 Å².